The lowest BCUT2D eigenvalue weighted by atomic mass is 10.1. The predicted octanol–water partition coefficient (Wildman–Crippen LogP) is 1.47. The fraction of sp³-hybridized carbons (Fsp3) is 0.200. The average Bonchev–Trinajstić information content (AvgIpc) is 2.99. The zero-order valence-corrected chi connectivity index (χ0v) is 12.2. The van der Waals surface area contributed by atoms with Crippen molar-refractivity contribution >= 4 is 5.69 Å². The van der Waals surface area contributed by atoms with Crippen LogP contribution in [0.1, 0.15) is 5.69 Å². The van der Waals surface area contributed by atoms with Gasteiger partial charge in [-0.2, -0.15) is 5.10 Å². The van der Waals surface area contributed by atoms with Crippen LogP contribution in [0.5, 0.6) is 0 Å². The molecule has 0 fully saturated rings. The third kappa shape index (κ3) is 2.05. The van der Waals surface area contributed by atoms with E-state index in [4.69, 9.17) is 5.73 Å². The summed E-state index contributed by atoms with van der Waals surface area (Å²) in [5.74, 6) is 0. The molecule has 0 radical (unpaired) electrons. The van der Waals surface area contributed by atoms with Crippen molar-refractivity contribution < 1.29 is 0 Å². The highest BCUT2D eigenvalue weighted by atomic mass is 16.1. The fourth-order valence-electron chi connectivity index (χ4n) is 2.41. The first-order chi connectivity index (χ1) is 9.99. The van der Waals surface area contributed by atoms with Crippen LogP contribution in [-0.4, -0.2) is 19.1 Å². The van der Waals surface area contributed by atoms with E-state index in [9.17, 15) is 4.79 Å². The first kappa shape index (κ1) is 13.2. The molecule has 0 spiro atoms. The second-order valence-electron chi connectivity index (χ2n) is 5.09. The molecule has 0 saturated heterocycles. The molecule has 0 atom stereocenters. The maximum absolute atomic E-state index is 12.3. The number of hydrogen-bond acceptors (Lipinski definition) is 3. The Morgan fingerprint density at radius 3 is 2.52 bits per heavy atom. The van der Waals surface area contributed by atoms with Crippen LogP contribution in [0, 0.1) is 6.92 Å². The summed E-state index contributed by atoms with van der Waals surface area (Å²) in [5, 5.41) is 4.17. The minimum Gasteiger partial charge on any atom is -0.393 e. The van der Waals surface area contributed by atoms with Gasteiger partial charge in [-0.3, -0.25) is 14.2 Å². The molecule has 0 unspecified atom stereocenters. The monoisotopic (exact) mass is 283 g/mol. The Morgan fingerprint density at radius 2 is 1.95 bits per heavy atom. The summed E-state index contributed by atoms with van der Waals surface area (Å²) in [6, 6.07) is 7.75. The van der Waals surface area contributed by atoms with Crippen molar-refractivity contribution in [2.75, 3.05) is 5.73 Å². The molecule has 0 amide bonds. The lowest BCUT2D eigenvalue weighted by Crippen LogP contribution is -2.20. The van der Waals surface area contributed by atoms with Gasteiger partial charge in [-0.15, -0.1) is 0 Å². The van der Waals surface area contributed by atoms with Crippen molar-refractivity contribution in [3.8, 4) is 16.8 Å². The summed E-state index contributed by atoms with van der Waals surface area (Å²) in [5.41, 5.74) is 9.46. The van der Waals surface area contributed by atoms with Crippen LogP contribution in [0.15, 0.2) is 41.5 Å². The fourth-order valence-corrected chi connectivity index (χ4v) is 2.41. The van der Waals surface area contributed by atoms with E-state index in [1.165, 1.54) is 0 Å². The number of aryl methyl sites for hydroxylation is 1. The Morgan fingerprint density at radius 1 is 1.19 bits per heavy atom. The number of benzene rings is 1. The standard InChI is InChI=1S/C15H17N5O/c1-10-14(16)15(21)20(19(10)3)13-6-4-5-11(7-13)12-8-17-18(2)9-12/h4-9H,16H2,1-3H3. The quantitative estimate of drug-likeness (QED) is 0.774. The van der Waals surface area contributed by atoms with E-state index in [-0.39, 0.29) is 11.2 Å². The van der Waals surface area contributed by atoms with Crippen LogP contribution >= 0.6 is 0 Å². The Labute approximate surface area is 122 Å². The molecule has 1 aromatic carbocycles. The molecule has 6 nitrogen and oxygen atoms in total. The van der Waals surface area contributed by atoms with Crippen LogP contribution in [0.25, 0.3) is 16.8 Å². The maximum atomic E-state index is 12.3. The van der Waals surface area contributed by atoms with Gasteiger partial charge in [-0.05, 0) is 24.6 Å². The third-order valence-corrected chi connectivity index (χ3v) is 3.73. The molecule has 2 aromatic heterocycles. The molecule has 3 rings (SSSR count). The molecule has 0 aliphatic heterocycles. The van der Waals surface area contributed by atoms with Gasteiger partial charge in [0.05, 0.1) is 17.6 Å². The van der Waals surface area contributed by atoms with Crippen LogP contribution in [0.4, 0.5) is 5.69 Å². The van der Waals surface area contributed by atoms with E-state index < -0.39 is 0 Å². The molecule has 6 heteroatoms. The van der Waals surface area contributed by atoms with E-state index in [1.807, 2.05) is 51.5 Å². The molecule has 0 aliphatic rings. The predicted molar refractivity (Wildman–Crippen MR) is 82.4 cm³/mol. The molecular weight excluding hydrogens is 266 g/mol. The van der Waals surface area contributed by atoms with Crippen LogP contribution < -0.4 is 11.3 Å². The smallest absolute Gasteiger partial charge is 0.294 e. The van der Waals surface area contributed by atoms with Gasteiger partial charge < -0.3 is 5.73 Å². The van der Waals surface area contributed by atoms with Crippen molar-refractivity contribution in [2.45, 2.75) is 6.92 Å². The van der Waals surface area contributed by atoms with Crippen molar-refractivity contribution in [3.05, 3.63) is 52.7 Å². The second-order valence-corrected chi connectivity index (χ2v) is 5.09. The van der Waals surface area contributed by atoms with Gasteiger partial charge in [0.25, 0.3) is 5.56 Å². The first-order valence-corrected chi connectivity index (χ1v) is 6.62. The summed E-state index contributed by atoms with van der Waals surface area (Å²) < 4.78 is 5.09. The molecule has 0 bridgehead atoms. The van der Waals surface area contributed by atoms with Gasteiger partial charge in [0.2, 0.25) is 0 Å². The minimum absolute atomic E-state index is 0.196. The number of nitrogen functional groups attached to an aromatic ring is 1. The van der Waals surface area contributed by atoms with Gasteiger partial charge in [0.1, 0.15) is 5.69 Å². The van der Waals surface area contributed by atoms with Crippen LogP contribution in [-0.2, 0) is 14.1 Å². The van der Waals surface area contributed by atoms with Gasteiger partial charge in [0, 0.05) is 25.9 Å². The number of anilines is 1. The van der Waals surface area contributed by atoms with Gasteiger partial charge in [-0.25, -0.2) is 4.68 Å². The van der Waals surface area contributed by atoms with Gasteiger partial charge in [-0.1, -0.05) is 12.1 Å². The normalized spacial score (nSPS) is 11.0. The topological polar surface area (TPSA) is 70.8 Å². The number of rotatable bonds is 2. The Hall–Kier alpha value is -2.76. The van der Waals surface area contributed by atoms with Crippen molar-refractivity contribution in [1.82, 2.24) is 19.1 Å². The molecular formula is C15H17N5O. The molecule has 0 aliphatic carbocycles. The van der Waals surface area contributed by atoms with Crippen LogP contribution in [0.2, 0.25) is 0 Å². The van der Waals surface area contributed by atoms with Gasteiger partial charge in [0.15, 0.2) is 0 Å². The highest BCUT2D eigenvalue weighted by Crippen LogP contribution is 2.21. The molecule has 108 valence electrons. The second kappa shape index (κ2) is 4.66. The number of nitrogens with zero attached hydrogens (tertiary/aromatic N) is 4. The van der Waals surface area contributed by atoms with E-state index >= 15 is 0 Å². The van der Waals surface area contributed by atoms with Crippen molar-refractivity contribution in [1.29, 1.82) is 0 Å². The summed E-state index contributed by atoms with van der Waals surface area (Å²) in [7, 11) is 3.70. The van der Waals surface area contributed by atoms with Crippen molar-refractivity contribution in [3.63, 3.8) is 0 Å². The van der Waals surface area contributed by atoms with E-state index in [0.29, 0.717) is 0 Å². The zero-order chi connectivity index (χ0) is 15.1. The highest BCUT2D eigenvalue weighted by molar-refractivity contribution is 5.64. The highest BCUT2D eigenvalue weighted by Gasteiger charge is 2.13. The Kier molecular flexibility index (Phi) is 2.94. The van der Waals surface area contributed by atoms with E-state index in [0.717, 1.165) is 22.5 Å². The largest absolute Gasteiger partial charge is 0.393 e. The number of hydrogen-bond donors (Lipinski definition) is 1. The molecule has 3 aromatic rings. The summed E-state index contributed by atoms with van der Waals surface area (Å²) in [6.45, 7) is 1.83. The number of nitrogens with two attached hydrogens (primary N) is 1. The first-order valence-electron chi connectivity index (χ1n) is 6.62. The molecule has 2 heterocycles. The summed E-state index contributed by atoms with van der Waals surface area (Å²) in [4.78, 5) is 12.3. The molecule has 21 heavy (non-hydrogen) atoms. The Balaban J connectivity index is 2.17. The third-order valence-electron chi connectivity index (χ3n) is 3.73. The SMILES string of the molecule is Cc1c(N)c(=O)n(-c2cccc(-c3cnn(C)c3)c2)n1C. The van der Waals surface area contributed by atoms with E-state index in [1.54, 1.807) is 20.2 Å². The minimum atomic E-state index is -0.196. The van der Waals surface area contributed by atoms with Crippen LogP contribution in [0.3, 0.4) is 0 Å². The Bertz CT molecular complexity index is 869. The maximum Gasteiger partial charge on any atom is 0.294 e. The summed E-state index contributed by atoms with van der Waals surface area (Å²) in [6.07, 6.45) is 3.74. The molecule has 2 N–H and O–H groups in total. The zero-order valence-electron chi connectivity index (χ0n) is 12.2. The summed E-state index contributed by atoms with van der Waals surface area (Å²) >= 11 is 0. The van der Waals surface area contributed by atoms with E-state index in [2.05, 4.69) is 5.10 Å². The lowest BCUT2D eigenvalue weighted by molar-refractivity contribution is 0.630. The van der Waals surface area contributed by atoms with Crippen molar-refractivity contribution in [2.24, 2.45) is 14.1 Å². The van der Waals surface area contributed by atoms with Gasteiger partial charge >= 0.3 is 0 Å². The number of aromatic nitrogens is 4. The molecule has 0 saturated carbocycles. The lowest BCUT2D eigenvalue weighted by Gasteiger charge is -2.09. The average molecular weight is 283 g/mol.